The normalized spacial score (nSPS) is 19.3. The van der Waals surface area contributed by atoms with E-state index < -0.39 is 17.2 Å². The van der Waals surface area contributed by atoms with Gasteiger partial charge in [0.25, 0.3) is 0 Å². The quantitative estimate of drug-likeness (QED) is 0.701. The second-order valence-electron chi connectivity index (χ2n) is 8.21. The van der Waals surface area contributed by atoms with E-state index in [9.17, 15) is 14.7 Å². The van der Waals surface area contributed by atoms with Gasteiger partial charge < -0.3 is 19.3 Å². The highest BCUT2D eigenvalue weighted by Crippen LogP contribution is 2.56. The Labute approximate surface area is 171 Å². The maximum absolute atomic E-state index is 15.4. The van der Waals surface area contributed by atoms with Crippen LogP contribution in [0, 0.1) is 11.2 Å². The fourth-order valence-electron chi connectivity index (χ4n) is 4.41. The maximum atomic E-state index is 15.4. The van der Waals surface area contributed by atoms with Gasteiger partial charge in [0.15, 0.2) is 11.6 Å². The van der Waals surface area contributed by atoms with E-state index in [0.29, 0.717) is 12.1 Å². The molecule has 1 aromatic carbocycles. The smallest absolute Gasteiger partial charge is 0.341 e. The van der Waals surface area contributed by atoms with E-state index in [4.69, 9.17) is 9.57 Å². The number of nitrogens with zero attached hydrogens (tertiary/aromatic N) is 2. The van der Waals surface area contributed by atoms with Crippen molar-refractivity contribution in [3.8, 4) is 5.75 Å². The molecule has 1 aliphatic heterocycles. The van der Waals surface area contributed by atoms with Crippen molar-refractivity contribution >= 4 is 22.6 Å². The molecule has 0 radical (unpaired) electrons. The van der Waals surface area contributed by atoms with Crippen LogP contribution in [0.5, 0.6) is 5.75 Å². The molecule has 2 saturated carbocycles. The monoisotopic (exact) mass is 415 g/mol. The summed E-state index contributed by atoms with van der Waals surface area (Å²) in [5, 5.41) is 9.46. The number of nitrogens with one attached hydrogen (secondary N) is 1. The Kier molecular flexibility index (Phi) is 4.08. The van der Waals surface area contributed by atoms with Crippen LogP contribution < -0.4 is 20.5 Å². The molecular weight excluding hydrogens is 393 g/mol. The molecule has 8 nitrogen and oxygen atoms in total. The zero-order chi connectivity index (χ0) is 21.2. The standard InChI is InChI=1S/C21H22FN3O5/c1-29-19-16-12(18(26)13(20(27)28)8-25(16)11-3-4-11)7-14(22)17(19)24-9-15(23-30-2)21(10-24)5-6-21/h7-9,11,23H,3-6,10H2,1-2H3,(H,27,28). The number of hydrogen-bond donors (Lipinski definition) is 2. The van der Waals surface area contributed by atoms with Gasteiger partial charge in [0.05, 0.1) is 30.8 Å². The van der Waals surface area contributed by atoms with Crippen molar-refractivity contribution in [2.45, 2.75) is 31.7 Å². The van der Waals surface area contributed by atoms with Crippen LogP contribution in [0.25, 0.3) is 10.9 Å². The van der Waals surface area contributed by atoms with Crippen LogP contribution in [0.2, 0.25) is 0 Å². The second-order valence-corrected chi connectivity index (χ2v) is 8.21. The minimum absolute atomic E-state index is 0.0134. The Bertz CT molecular complexity index is 1160. The third kappa shape index (κ3) is 2.68. The number of benzene rings is 1. The largest absolute Gasteiger partial charge is 0.492 e. The SMILES string of the molecule is CONC1=CN(c2c(F)cc3c(=O)c(C(=O)O)cn(C4CC4)c3c2OC)CC12CC2. The number of aromatic nitrogens is 1. The van der Waals surface area contributed by atoms with Gasteiger partial charge >= 0.3 is 5.97 Å². The molecular formula is C21H22FN3O5. The van der Waals surface area contributed by atoms with Crippen molar-refractivity contribution in [2.75, 3.05) is 25.7 Å². The number of anilines is 1. The number of pyridine rings is 1. The van der Waals surface area contributed by atoms with Crippen molar-refractivity contribution in [3.63, 3.8) is 0 Å². The van der Waals surface area contributed by atoms with E-state index in [1.54, 1.807) is 9.47 Å². The van der Waals surface area contributed by atoms with E-state index in [0.717, 1.165) is 37.4 Å². The van der Waals surface area contributed by atoms with Crippen molar-refractivity contribution in [2.24, 2.45) is 5.41 Å². The highest BCUT2D eigenvalue weighted by Gasteiger charge is 2.52. The van der Waals surface area contributed by atoms with E-state index in [1.165, 1.54) is 20.4 Å². The van der Waals surface area contributed by atoms with Crippen molar-refractivity contribution in [3.05, 3.63) is 45.8 Å². The lowest BCUT2D eigenvalue weighted by atomic mass is 10.1. The Morgan fingerprint density at radius 3 is 2.63 bits per heavy atom. The number of rotatable bonds is 6. The number of carboxylic acid groups (broad SMARTS) is 1. The van der Waals surface area contributed by atoms with Crippen molar-refractivity contribution in [1.29, 1.82) is 0 Å². The third-order valence-corrected chi connectivity index (χ3v) is 6.26. The van der Waals surface area contributed by atoms with Crippen LogP contribution in [0.3, 0.4) is 0 Å². The summed E-state index contributed by atoms with van der Waals surface area (Å²) in [6.07, 6.45) is 6.84. The summed E-state index contributed by atoms with van der Waals surface area (Å²) in [5.74, 6) is -1.73. The molecule has 2 fully saturated rings. The number of hydroxylamine groups is 1. The third-order valence-electron chi connectivity index (χ3n) is 6.26. The van der Waals surface area contributed by atoms with Gasteiger partial charge in [-0.1, -0.05) is 0 Å². The van der Waals surface area contributed by atoms with E-state index >= 15 is 4.39 Å². The minimum atomic E-state index is -1.33. The summed E-state index contributed by atoms with van der Waals surface area (Å²) in [7, 11) is 2.97. The van der Waals surface area contributed by atoms with Gasteiger partial charge in [-0.2, -0.15) is 0 Å². The van der Waals surface area contributed by atoms with E-state index in [1.807, 2.05) is 6.20 Å². The molecule has 0 saturated heterocycles. The summed E-state index contributed by atoms with van der Waals surface area (Å²) in [5.41, 5.74) is 3.27. The predicted octanol–water partition coefficient (Wildman–Crippen LogP) is 2.77. The average Bonchev–Trinajstić information content (AvgIpc) is 3.61. The number of aromatic carboxylic acids is 1. The van der Waals surface area contributed by atoms with Gasteiger partial charge in [-0.15, -0.1) is 0 Å². The number of ether oxygens (including phenoxy) is 1. The Hall–Kier alpha value is -3.07. The average molecular weight is 415 g/mol. The molecule has 2 aromatic rings. The fraction of sp³-hybridized carbons (Fsp3) is 0.429. The Morgan fingerprint density at radius 2 is 2.07 bits per heavy atom. The minimum Gasteiger partial charge on any atom is -0.492 e. The van der Waals surface area contributed by atoms with Crippen molar-refractivity contribution in [1.82, 2.24) is 10.0 Å². The first-order valence-electron chi connectivity index (χ1n) is 9.87. The fourth-order valence-corrected chi connectivity index (χ4v) is 4.41. The molecule has 0 atom stereocenters. The topological polar surface area (TPSA) is 93.0 Å². The summed E-state index contributed by atoms with van der Waals surface area (Å²) < 4.78 is 22.8. The van der Waals surface area contributed by atoms with Crippen LogP contribution in [0.4, 0.5) is 10.1 Å². The number of carboxylic acids is 1. The first-order valence-corrected chi connectivity index (χ1v) is 9.87. The molecule has 0 bridgehead atoms. The molecule has 158 valence electrons. The van der Waals surface area contributed by atoms with Crippen LogP contribution in [0.15, 0.2) is 29.0 Å². The van der Waals surface area contributed by atoms with Crippen LogP contribution in [-0.4, -0.2) is 36.4 Å². The van der Waals surface area contributed by atoms with Crippen LogP contribution in [-0.2, 0) is 4.84 Å². The molecule has 0 amide bonds. The highest BCUT2D eigenvalue weighted by molar-refractivity contribution is 5.97. The summed E-state index contributed by atoms with van der Waals surface area (Å²) in [6, 6.07) is 1.20. The van der Waals surface area contributed by atoms with E-state index in [-0.39, 0.29) is 33.8 Å². The number of methoxy groups -OCH3 is 1. The van der Waals surface area contributed by atoms with Crippen LogP contribution >= 0.6 is 0 Å². The summed E-state index contributed by atoms with van der Waals surface area (Å²) >= 11 is 0. The van der Waals surface area contributed by atoms with Gasteiger partial charge in [0.2, 0.25) is 5.43 Å². The molecule has 2 aliphatic carbocycles. The molecule has 3 aliphatic rings. The molecule has 30 heavy (non-hydrogen) atoms. The predicted molar refractivity (Wildman–Crippen MR) is 107 cm³/mol. The Morgan fingerprint density at radius 1 is 1.33 bits per heavy atom. The van der Waals surface area contributed by atoms with Gasteiger partial charge in [-0.3, -0.25) is 15.1 Å². The number of fused-ring (bicyclic) bond motifs is 1. The lowest BCUT2D eigenvalue weighted by Gasteiger charge is -2.24. The molecule has 0 unspecified atom stereocenters. The zero-order valence-corrected chi connectivity index (χ0v) is 16.7. The van der Waals surface area contributed by atoms with Gasteiger partial charge in [0, 0.05) is 30.4 Å². The van der Waals surface area contributed by atoms with Gasteiger partial charge in [-0.05, 0) is 31.7 Å². The molecule has 9 heteroatoms. The maximum Gasteiger partial charge on any atom is 0.341 e. The first-order chi connectivity index (χ1) is 14.4. The number of halogens is 1. The lowest BCUT2D eigenvalue weighted by Crippen LogP contribution is -2.24. The number of carbonyl (C=O) groups is 1. The summed E-state index contributed by atoms with van der Waals surface area (Å²) in [6.45, 7) is 0.568. The van der Waals surface area contributed by atoms with Gasteiger partial charge in [0.1, 0.15) is 11.3 Å². The molecule has 2 heterocycles. The van der Waals surface area contributed by atoms with E-state index in [2.05, 4.69) is 5.48 Å². The van der Waals surface area contributed by atoms with Crippen molar-refractivity contribution < 1.29 is 23.9 Å². The summed E-state index contributed by atoms with van der Waals surface area (Å²) in [4.78, 5) is 31.2. The van der Waals surface area contributed by atoms with Gasteiger partial charge in [-0.25, -0.2) is 9.18 Å². The Balaban J connectivity index is 1.76. The second kappa shape index (κ2) is 6.46. The first kappa shape index (κ1) is 18.9. The van der Waals surface area contributed by atoms with Crippen LogP contribution in [0.1, 0.15) is 42.1 Å². The molecule has 1 spiro atoms. The lowest BCUT2D eigenvalue weighted by molar-refractivity contribution is 0.0695. The highest BCUT2D eigenvalue weighted by atomic mass is 19.1. The molecule has 2 N–H and O–H groups in total. The molecule has 1 aromatic heterocycles. The molecule has 5 rings (SSSR count). The zero-order valence-electron chi connectivity index (χ0n) is 16.7. The number of hydrogen-bond acceptors (Lipinski definition) is 6.